The van der Waals surface area contributed by atoms with E-state index in [2.05, 4.69) is 5.16 Å². The van der Waals surface area contributed by atoms with Crippen molar-refractivity contribution in [3.63, 3.8) is 0 Å². The summed E-state index contributed by atoms with van der Waals surface area (Å²) in [5.74, 6) is 0. The number of ether oxygens (including phenoxy) is 1. The summed E-state index contributed by atoms with van der Waals surface area (Å²) >= 11 is 4.69. The molecule has 0 heterocycles. The smallest absolute Gasteiger partial charge is 0.165 e. The summed E-state index contributed by atoms with van der Waals surface area (Å²) in [6.45, 7) is 2.42. The zero-order valence-corrected chi connectivity index (χ0v) is 6.02. The molecule has 0 aliphatic carbocycles. The first-order valence-corrected chi connectivity index (χ1v) is 3.03. The number of thiocarbonyl (C=S) groups is 1. The van der Waals surface area contributed by atoms with Gasteiger partial charge in [0.15, 0.2) is 5.05 Å². The van der Waals surface area contributed by atoms with Crippen molar-refractivity contribution in [1.82, 2.24) is 0 Å². The van der Waals surface area contributed by atoms with Crippen LogP contribution in [0.1, 0.15) is 13.3 Å². The van der Waals surface area contributed by atoms with Gasteiger partial charge in [-0.15, -0.1) is 5.16 Å². The highest BCUT2D eigenvalue weighted by Gasteiger charge is 1.90. The number of hydrogen-bond donors (Lipinski definition) is 1. The molecule has 4 heteroatoms. The van der Waals surface area contributed by atoms with Gasteiger partial charge in [0.2, 0.25) is 0 Å². The molecule has 1 N–H and O–H groups in total. The van der Waals surface area contributed by atoms with E-state index in [0.717, 1.165) is 0 Å². The molecule has 0 rings (SSSR count). The number of hydrogen-bond acceptors (Lipinski definition) is 4. The molecule has 0 aliphatic heterocycles. The minimum atomic E-state index is 0.402. The summed E-state index contributed by atoms with van der Waals surface area (Å²) in [5, 5.41) is 11.2. The van der Waals surface area contributed by atoms with Crippen LogP contribution in [0.2, 0.25) is 0 Å². The van der Waals surface area contributed by atoms with Crippen LogP contribution in [-0.2, 0) is 4.74 Å². The van der Waals surface area contributed by atoms with Gasteiger partial charge >= 0.3 is 0 Å². The first-order chi connectivity index (χ1) is 4.31. The lowest BCUT2D eigenvalue weighted by atomic mass is 10.5. The SMILES string of the molecule is CCOC(=S)C/C=N/O. The molecule has 0 aromatic carbocycles. The van der Waals surface area contributed by atoms with Crippen molar-refractivity contribution in [2.24, 2.45) is 5.16 Å². The summed E-state index contributed by atoms with van der Waals surface area (Å²) in [6.07, 6.45) is 1.69. The van der Waals surface area contributed by atoms with E-state index in [1.807, 2.05) is 6.92 Å². The molecule has 0 aromatic heterocycles. The Balaban J connectivity index is 3.27. The molecule has 0 bridgehead atoms. The maximum Gasteiger partial charge on any atom is 0.165 e. The van der Waals surface area contributed by atoms with Crippen molar-refractivity contribution >= 4 is 23.5 Å². The van der Waals surface area contributed by atoms with E-state index in [1.165, 1.54) is 6.21 Å². The van der Waals surface area contributed by atoms with Gasteiger partial charge in [0, 0.05) is 0 Å². The molecule has 0 amide bonds. The summed E-state index contributed by atoms with van der Waals surface area (Å²) in [7, 11) is 0. The molecule has 3 nitrogen and oxygen atoms in total. The van der Waals surface area contributed by atoms with E-state index < -0.39 is 0 Å². The Kier molecular flexibility index (Phi) is 5.11. The van der Waals surface area contributed by atoms with Crippen LogP contribution in [0.25, 0.3) is 0 Å². The van der Waals surface area contributed by atoms with Crippen molar-refractivity contribution < 1.29 is 9.94 Å². The number of rotatable bonds is 3. The molecule has 0 atom stereocenters. The molecule has 0 unspecified atom stereocenters. The van der Waals surface area contributed by atoms with Crippen molar-refractivity contribution in [2.75, 3.05) is 6.61 Å². The second kappa shape index (κ2) is 5.50. The highest BCUT2D eigenvalue weighted by atomic mass is 32.1. The maximum absolute atomic E-state index is 7.94. The monoisotopic (exact) mass is 147 g/mol. The third-order valence-electron chi connectivity index (χ3n) is 0.645. The second-order valence-corrected chi connectivity index (χ2v) is 1.76. The van der Waals surface area contributed by atoms with E-state index in [4.69, 9.17) is 22.2 Å². The maximum atomic E-state index is 7.94. The van der Waals surface area contributed by atoms with Crippen LogP contribution in [0.3, 0.4) is 0 Å². The Labute approximate surface area is 59.3 Å². The fraction of sp³-hybridized carbons (Fsp3) is 0.600. The predicted molar refractivity (Wildman–Crippen MR) is 39.1 cm³/mol. The molecule has 0 fully saturated rings. The summed E-state index contributed by atoms with van der Waals surface area (Å²) in [6, 6.07) is 0. The van der Waals surface area contributed by atoms with Gasteiger partial charge < -0.3 is 9.94 Å². The lowest BCUT2D eigenvalue weighted by Crippen LogP contribution is -2.00. The minimum Gasteiger partial charge on any atom is -0.487 e. The molecular weight excluding hydrogens is 138 g/mol. The molecule has 9 heavy (non-hydrogen) atoms. The highest BCUT2D eigenvalue weighted by Crippen LogP contribution is 1.85. The first-order valence-electron chi connectivity index (χ1n) is 2.62. The third-order valence-corrected chi connectivity index (χ3v) is 0.929. The Morgan fingerprint density at radius 3 is 3.00 bits per heavy atom. The molecule has 0 saturated heterocycles. The Bertz CT molecular complexity index is 114. The van der Waals surface area contributed by atoms with Crippen LogP contribution in [0.4, 0.5) is 0 Å². The molecule has 0 saturated carbocycles. The zero-order chi connectivity index (χ0) is 7.11. The Hall–Kier alpha value is -0.640. The molecule has 0 aromatic rings. The molecular formula is C5H9NO2S. The second-order valence-electron chi connectivity index (χ2n) is 1.31. The number of oxime groups is 1. The fourth-order valence-electron chi connectivity index (χ4n) is 0.335. The lowest BCUT2D eigenvalue weighted by molar-refractivity contribution is 0.317. The molecule has 0 aliphatic rings. The van der Waals surface area contributed by atoms with Crippen LogP contribution < -0.4 is 0 Å². The average Bonchev–Trinajstić information content (AvgIpc) is 1.85. The van der Waals surface area contributed by atoms with Crippen molar-refractivity contribution in [3.8, 4) is 0 Å². The highest BCUT2D eigenvalue weighted by molar-refractivity contribution is 7.80. The minimum absolute atomic E-state index is 0.402. The quantitative estimate of drug-likeness (QED) is 0.282. The van der Waals surface area contributed by atoms with Crippen LogP contribution in [0.15, 0.2) is 5.16 Å². The Morgan fingerprint density at radius 2 is 2.56 bits per heavy atom. The van der Waals surface area contributed by atoms with Gasteiger partial charge in [-0.3, -0.25) is 0 Å². The first kappa shape index (κ1) is 8.36. The molecule has 52 valence electrons. The van der Waals surface area contributed by atoms with Crippen LogP contribution in [0, 0.1) is 0 Å². The van der Waals surface area contributed by atoms with Crippen molar-refractivity contribution in [1.29, 1.82) is 0 Å². The van der Waals surface area contributed by atoms with Crippen LogP contribution >= 0.6 is 12.2 Å². The largest absolute Gasteiger partial charge is 0.487 e. The van der Waals surface area contributed by atoms with Crippen molar-refractivity contribution in [2.45, 2.75) is 13.3 Å². The predicted octanol–water partition coefficient (Wildman–Crippen LogP) is 1.20. The summed E-state index contributed by atoms with van der Waals surface area (Å²) in [5.41, 5.74) is 0. The average molecular weight is 147 g/mol. The van der Waals surface area contributed by atoms with Crippen molar-refractivity contribution in [3.05, 3.63) is 0 Å². The van der Waals surface area contributed by atoms with Gasteiger partial charge in [-0.05, 0) is 19.1 Å². The van der Waals surface area contributed by atoms with E-state index in [1.54, 1.807) is 0 Å². The van der Waals surface area contributed by atoms with Gasteiger partial charge in [0.25, 0.3) is 0 Å². The zero-order valence-electron chi connectivity index (χ0n) is 5.20. The van der Waals surface area contributed by atoms with E-state index in [9.17, 15) is 0 Å². The van der Waals surface area contributed by atoms with Gasteiger partial charge in [-0.2, -0.15) is 0 Å². The van der Waals surface area contributed by atoms with Gasteiger partial charge in [-0.1, -0.05) is 0 Å². The lowest BCUT2D eigenvalue weighted by Gasteiger charge is -1.98. The van der Waals surface area contributed by atoms with E-state index in [-0.39, 0.29) is 0 Å². The Morgan fingerprint density at radius 1 is 1.89 bits per heavy atom. The van der Waals surface area contributed by atoms with Gasteiger partial charge in [0.05, 0.1) is 19.2 Å². The third kappa shape index (κ3) is 5.23. The topological polar surface area (TPSA) is 41.8 Å². The normalized spacial score (nSPS) is 9.89. The summed E-state index contributed by atoms with van der Waals surface area (Å²) < 4.78 is 4.87. The van der Waals surface area contributed by atoms with Crippen LogP contribution in [0.5, 0.6) is 0 Å². The fourth-order valence-corrected chi connectivity index (χ4v) is 0.528. The van der Waals surface area contributed by atoms with Gasteiger partial charge in [-0.25, -0.2) is 0 Å². The van der Waals surface area contributed by atoms with E-state index in [0.29, 0.717) is 18.1 Å². The molecule has 0 spiro atoms. The molecule has 0 radical (unpaired) electrons. The number of nitrogens with zero attached hydrogens (tertiary/aromatic N) is 1. The summed E-state index contributed by atoms with van der Waals surface area (Å²) in [4.78, 5) is 0. The van der Waals surface area contributed by atoms with Crippen LogP contribution in [-0.4, -0.2) is 23.1 Å². The van der Waals surface area contributed by atoms with E-state index >= 15 is 0 Å². The standard InChI is InChI=1S/C5H9NO2S/c1-2-8-5(9)3-4-6-7/h4,7H,2-3H2,1H3/b6-4+. The van der Waals surface area contributed by atoms with Gasteiger partial charge in [0.1, 0.15) is 0 Å².